The van der Waals surface area contributed by atoms with Crippen LogP contribution in [-0.2, 0) is 0 Å². The molecule has 1 aromatic rings. The number of carbonyl (C=O) groups is 1. The van der Waals surface area contributed by atoms with Gasteiger partial charge in [0.05, 0.1) is 5.51 Å². The Morgan fingerprint density at radius 2 is 2.53 bits per heavy atom. The first-order chi connectivity index (χ1) is 7.27. The van der Waals surface area contributed by atoms with Crippen LogP contribution in [0.1, 0.15) is 30.3 Å². The van der Waals surface area contributed by atoms with Crippen molar-refractivity contribution in [2.45, 2.75) is 19.8 Å². The van der Waals surface area contributed by atoms with Gasteiger partial charge in [-0.3, -0.25) is 4.79 Å². The number of carbonyl (C=O) groups excluding carboxylic acids is 1. The highest BCUT2D eigenvalue weighted by Gasteiger charge is 2.17. The Hall–Kier alpha value is -1.16. The first kappa shape index (κ1) is 10.4. The van der Waals surface area contributed by atoms with Gasteiger partial charge in [-0.15, -0.1) is 11.3 Å². The third-order valence-corrected chi connectivity index (χ3v) is 3.15. The monoisotopic (exact) mass is 222 g/mol. The number of aromatic nitrogens is 1. The molecule has 0 spiro atoms. The molecule has 1 aromatic heterocycles. The lowest BCUT2D eigenvalue weighted by Crippen LogP contribution is -2.26. The minimum absolute atomic E-state index is 0.0154. The largest absolute Gasteiger partial charge is 0.314 e. The van der Waals surface area contributed by atoms with Crippen molar-refractivity contribution in [3.8, 4) is 0 Å². The van der Waals surface area contributed by atoms with Crippen LogP contribution in [0, 0.1) is 5.92 Å². The first-order valence-electron chi connectivity index (χ1n) is 5.15. The van der Waals surface area contributed by atoms with Crippen molar-refractivity contribution in [2.24, 2.45) is 5.92 Å². The second-order valence-corrected chi connectivity index (χ2v) is 4.55. The lowest BCUT2D eigenvalue weighted by molar-refractivity contribution is 0.0817. The number of rotatable bonds is 1. The lowest BCUT2D eigenvalue weighted by atomic mass is 10.1. The Morgan fingerprint density at radius 3 is 3.27 bits per heavy atom. The molecule has 1 aliphatic rings. The van der Waals surface area contributed by atoms with Gasteiger partial charge in [0, 0.05) is 18.1 Å². The quantitative estimate of drug-likeness (QED) is 0.731. The van der Waals surface area contributed by atoms with Gasteiger partial charge < -0.3 is 4.90 Å². The molecule has 1 amide bonds. The highest BCUT2D eigenvalue weighted by molar-refractivity contribution is 7.07. The Bertz CT molecular complexity index is 359. The predicted octanol–water partition coefficient (Wildman–Crippen LogP) is 2.53. The minimum Gasteiger partial charge on any atom is -0.314 e. The average Bonchev–Trinajstić information content (AvgIpc) is 2.67. The molecular formula is C11H14N2OS. The molecule has 2 rings (SSSR count). The van der Waals surface area contributed by atoms with Crippen molar-refractivity contribution >= 4 is 17.2 Å². The van der Waals surface area contributed by atoms with E-state index in [4.69, 9.17) is 0 Å². The van der Waals surface area contributed by atoms with E-state index in [-0.39, 0.29) is 5.91 Å². The van der Waals surface area contributed by atoms with Crippen LogP contribution in [0.3, 0.4) is 0 Å². The van der Waals surface area contributed by atoms with E-state index in [9.17, 15) is 4.79 Å². The number of allylic oxidation sites excluding steroid dienone is 1. The molecule has 0 radical (unpaired) electrons. The van der Waals surface area contributed by atoms with E-state index in [0.29, 0.717) is 11.6 Å². The molecule has 0 saturated heterocycles. The zero-order chi connectivity index (χ0) is 10.7. The van der Waals surface area contributed by atoms with Crippen molar-refractivity contribution < 1.29 is 4.79 Å². The summed E-state index contributed by atoms with van der Waals surface area (Å²) >= 11 is 1.45. The van der Waals surface area contributed by atoms with Crippen LogP contribution in [0.2, 0.25) is 0 Å². The Morgan fingerprint density at radius 1 is 1.67 bits per heavy atom. The number of hydrogen-bond acceptors (Lipinski definition) is 3. The summed E-state index contributed by atoms with van der Waals surface area (Å²) in [6, 6.07) is 0. The van der Waals surface area contributed by atoms with Crippen molar-refractivity contribution in [3.05, 3.63) is 28.9 Å². The zero-order valence-electron chi connectivity index (χ0n) is 8.72. The Labute approximate surface area is 93.4 Å². The fourth-order valence-corrected chi connectivity index (χ4v) is 2.17. The van der Waals surface area contributed by atoms with Crippen LogP contribution >= 0.6 is 11.3 Å². The molecule has 80 valence electrons. The number of amides is 1. The summed E-state index contributed by atoms with van der Waals surface area (Å²) in [7, 11) is 0. The molecule has 0 bridgehead atoms. The van der Waals surface area contributed by atoms with Crippen molar-refractivity contribution in [1.82, 2.24) is 9.88 Å². The van der Waals surface area contributed by atoms with Crippen molar-refractivity contribution in [2.75, 3.05) is 6.54 Å². The smallest absolute Gasteiger partial charge is 0.277 e. The molecule has 0 fully saturated rings. The lowest BCUT2D eigenvalue weighted by Gasteiger charge is -2.14. The molecule has 0 N–H and O–H groups in total. The van der Waals surface area contributed by atoms with Gasteiger partial charge in [-0.2, -0.15) is 0 Å². The molecule has 0 aliphatic carbocycles. The molecule has 4 heteroatoms. The van der Waals surface area contributed by atoms with Gasteiger partial charge in [0.25, 0.3) is 5.91 Å². The molecule has 1 aliphatic heterocycles. The van der Waals surface area contributed by atoms with E-state index in [2.05, 4.69) is 18.0 Å². The van der Waals surface area contributed by atoms with Gasteiger partial charge in [-0.05, 0) is 18.8 Å². The molecular weight excluding hydrogens is 208 g/mol. The van der Waals surface area contributed by atoms with E-state index >= 15 is 0 Å². The number of hydrogen-bond donors (Lipinski definition) is 0. The van der Waals surface area contributed by atoms with Gasteiger partial charge in [0.15, 0.2) is 0 Å². The van der Waals surface area contributed by atoms with Crippen molar-refractivity contribution in [1.29, 1.82) is 0 Å². The second kappa shape index (κ2) is 4.57. The first-order valence-corrected chi connectivity index (χ1v) is 6.09. The molecule has 0 unspecified atom stereocenters. The van der Waals surface area contributed by atoms with E-state index < -0.39 is 0 Å². The van der Waals surface area contributed by atoms with Crippen LogP contribution in [-0.4, -0.2) is 22.3 Å². The highest BCUT2D eigenvalue weighted by Crippen LogP contribution is 2.15. The van der Waals surface area contributed by atoms with Crippen LogP contribution in [0.25, 0.3) is 0 Å². The highest BCUT2D eigenvalue weighted by atomic mass is 32.1. The number of thiazole rings is 1. The van der Waals surface area contributed by atoms with E-state index in [1.807, 2.05) is 6.20 Å². The summed E-state index contributed by atoms with van der Waals surface area (Å²) in [6.45, 7) is 2.98. The van der Waals surface area contributed by atoms with Gasteiger partial charge >= 0.3 is 0 Å². The summed E-state index contributed by atoms with van der Waals surface area (Å²) in [5, 5.41) is 1.80. The standard InChI is InChI=1S/C11H14N2OS/c1-9-3-2-5-13(6-4-9)11(14)10-7-15-8-12-10/h4,6-9H,2-3,5H2,1H3/t9-/m0/s1. The maximum atomic E-state index is 11.9. The average molecular weight is 222 g/mol. The van der Waals surface area contributed by atoms with Gasteiger partial charge in [-0.25, -0.2) is 4.98 Å². The number of nitrogens with zero attached hydrogens (tertiary/aromatic N) is 2. The molecule has 0 aromatic carbocycles. The van der Waals surface area contributed by atoms with Gasteiger partial charge in [0.1, 0.15) is 5.69 Å². The minimum atomic E-state index is 0.0154. The molecule has 2 heterocycles. The maximum Gasteiger partial charge on any atom is 0.277 e. The summed E-state index contributed by atoms with van der Waals surface area (Å²) in [5.74, 6) is 0.583. The van der Waals surface area contributed by atoms with Crippen molar-refractivity contribution in [3.63, 3.8) is 0 Å². The fraction of sp³-hybridized carbons (Fsp3) is 0.455. The zero-order valence-corrected chi connectivity index (χ0v) is 9.54. The summed E-state index contributed by atoms with van der Waals surface area (Å²) < 4.78 is 0. The summed E-state index contributed by atoms with van der Waals surface area (Å²) in [6.07, 6.45) is 6.21. The third kappa shape index (κ3) is 2.45. The molecule has 1 atom stereocenters. The van der Waals surface area contributed by atoms with E-state index in [1.54, 1.807) is 15.8 Å². The van der Waals surface area contributed by atoms with E-state index in [0.717, 1.165) is 19.4 Å². The van der Waals surface area contributed by atoms with Crippen LogP contribution in [0.15, 0.2) is 23.2 Å². The van der Waals surface area contributed by atoms with Gasteiger partial charge in [0.2, 0.25) is 0 Å². The second-order valence-electron chi connectivity index (χ2n) is 3.83. The van der Waals surface area contributed by atoms with Gasteiger partial charge in [-0.1, -0.05) is 13.0 Å². The molecule has 15 heavy (non-hydrogen) atoms. The Kier molecular flexibility index (Phi) is 3.16. The fourth-order valence-electron chi connectivity index (χ4n) is 1.64. The maximum absolute atomic E-state index is 11.9. The normalized spacial score (nSPS) is 21.4. The SMILES string of the molecule is C[C@@H]1C=CN(C(=O)c2cscn2)CCC1. The Balaban J connectivity index is 2.10. The summed E-state index contributed by atoms with van der Waals surface area (Å²) in [4.78, 5) is 17.7. The predicted molar refractivity (Wildman–Crippen MR) is 60.7 cm³/mol. The van der Waals surface area contributed by atoms with E-state index in [1.165, 1.54) is 11.3 Å². The van der Waals surface area contributed by atoms with Crippen LogP contribution in [0.4, 0.5) is 0 Å². The molecule has 3 nitrogen and oxygen atoms in total. The third-order valence-electron chi connectivity index (χ3n) is 2.57. The summed E-state index contributed by atoms with van der Waals surface area (Å²) in [5.41, 5.74) is 2.25. The van der Waals surface area contributed by atoms with Crippen LogP contribution < -0.4 is 0 Å². The topological polar surface area (TPSA) is 33.2 Å². The molecule has 0 saturated carbocycles. The van der Waals surface area contributed by atoms with Crippen LogP contribution in [0.5, 0.6) is 0 Å².